The van der Waals surface area contributed by atoms with E-state index >= 15 is 0 Å². The molecule has 2 heterocycles. The van der Waals surface area contributed by atoms with Crippen molar-refractivity contribution in [2.75, 3.05) is 0 Å². The summed E-state index contributed by atoms with van der Waals surface area (Å²) in [7, 11) is 0. The van der Waals surface area contributed by atoms with Gasteiger partial charge in [-0.25, -0.2) is 9.78 Å². The number of thiazole rings is 1. The molecule has 0 aliphatic heterocycles. The SMILES string of the molecule is CC(C)c1csc(Cc2ccc(C(=O)O)o2)n1. The van der Waals surface area contributed by atoms with Gasteiger partial charge in [-0.2, -0.15) is 0 Å². The normalized spacial score (nSPS) is 11.0. The molecule has 2 aromatic heterocycles. The molecule has 0 fully saturated rings. The molecule has 5 heteroatoms. The fourth-order valence-corrected chi connectivity index (χ4v) is 2.37. The molecule has 0 aliphatic rings. The van der Waals surface area contributed by atoms with E-state index in [-0.39, 0.29) is 5.76 Å². The summed E-state index contributed by atoms with van der Waals surface area (Å²) in [5, 5.41) is 11.7. The first-order valence-electron chi connectivity index (χ1n) is 5.32. The van der Waals surface area contributed by atoms with Crippen molar-refractivity contribution in [3.63, 3.8) is 0 Å². The number of aromatic nitrogens is 1. The van der Waals surface area contributed by atoms with Crippen LogP contribution < -0.4 is 0 Å². The Hall–Kier alpha value is -1.62. The maximum Gasteiger partial charge on any atom is 0.371 e. The third kappa shape index (κ3) is 2.74. The van der Waals surface area contributed by atoms with Crippen LogP contribution in [0.3, 0.4) is 0 Å². The average molecular weight is 251 g/mol. The average Bonchev–Trinajstić information content (AvgIpc) is 2.87. The molecular formula is C12H13NO3S. The Balaban J connectivity index is 2.11. The molecule has 0 saturated carbocycles. The lowest BCUT2D eigenvalue weighted by atomic mass is 10.2. The maximum atomic E-state index is 10.7. The lowest BCUT2D eigenvalue weighted by Gasteiger charge is -1.96. The number of nitrogens with zero attached hydrogens (tertiary/aromatic N) is 1. The summed E-state index contributed by atoms with van der Waals surface area (Å²) in [6, 6.07) is 3.15. The van der Waals surface area contributed by atoms with Crippen LogP contribution in [0.25, 0.3) is 0 Å². The summed E-state index contributed by atoms with van der Waals surface area (Å²) in [5.74, 6) is -0.0304. The summed E-state index contributed by atoms with van der Waals surface area (Å²) in [5.41, 5.74) is 1.06. The molecule has 0 radical (unpaired) electrons. The van der Waals surface area contributed by atoms with Gasteiger partial charge in [0.1, 0.15) is 10.8 Å². The Morgan fingerprint density at radius 2 is 2.29 bits per heavy atom. The van der Waals surface area contributed by atoms with E-state index in [1.165, 1.54) is 6.07 Å². The van der Waals surface area contributed by atoms with Gasteiger partial charge in [0.2, 0.25) is 5.76 Å². The zero-order valence-electron chi connectivity index (χ0n) is 9.64. The minimum absolute atomic E-state index is 0.0272. The van der Waals surface area contributed by atoms with Crippen molar-refractivity contribution in [3.8, 4) is 0 Å². The summed E-state index contributed by atoms with van der Waals surface area (Å²) < 4.78 is 5.19. The van der Waals surface area contributed by atoms with E-state index in [4.69, 9.17) is 9.52 Å². The monoisotopic (exact) mass is 251 g/mol. The van der Waals surface area contributed by atoms with Gasteiger partial charge in [-0.3, -0.25) is 0 Å². The summed E-state index contributed by atoms with van der Waals surface area (Å²) in [4.78, 5) is 15.1. The quantitative estimate of drug-likeness (QED) is 0.906. The highest BCUT2D eigenvalue weighted by Gasteiger charge is 2.11. The van der Waals surface area contributed by atoms with Crippen LogP contribution in [0, 0.1) is 0 Å². The van der Waals surface area contributed by atoms with Crippen LogP contribution >= 0.6 is 11.3 Å². The predicted octanol–water partition coefficient (Wildman–Crippen LogP) is 3.15. The first kappa shape index (κ1) is 11.9. The Labute approximate surface area is 103 Å². The Bertz CT molecular complexity index is 527. The Morgan fingerprint density at radius 3 is 2.82 bits per heavy atom. The smallest absolute Gasteiger partial charge is 0.371 e. The van der Waals surface area contributed by atoms with E-state index in [1.54, 1.807) is 17.4 Å². The van der Waals surface area contributed by atoms with E-state index in [0.717, 1.165) is 10.7 Å². The highest BCUT2D eigenvalue weighted by atomic mass is 32.1. The molecular weight excluding hydrogens is 238 g/mol. The van der Waals surface area contributed by atoms with Gasteiger partial charge in [-0.15, -0.1) is 11.3 Å². The number of carboxylic acids is 1. The summed E-state index contributed by atoms with van der Waals surface area (Å²) in [6.45, 7) is 4.18. The van der Waals surface area contributed by atoms with Gasteiger partial charge in [-0.05, 0) is 18.1 Å². The fraction of sp³-hybridized carbons (Fsp3) is 0.333. The minimum atomic E-state index is -1.04. The Morgan fingerprint density at radius 1 is 1.53 bits per heavy atom. The fourth-order valence-electron chi connectivity index (χ4n) is 1.41. The van der Waals surface area contributed by atoms with Gasteiger partial charge in [-0.1, -0.05) is 13.8 Å². The second-order valence-corrected chi connectivity index (χ2v) is 5.01. The van der Waals surface area contributed by atoms with Crippen molar-refractivity contribution >= 4 is 17.3 Å². The van der Waals surface area contributed by atoms with Crippen molar-refractivity contribution in [3.05, 3.63) is 39.7 Å². The molecule has 90 valence electrons. The second kappa shape index (κ2) is 4.71. The molecule has 0 unspecified atom stereocenters. The van der Waals surface area contributed by atoms with Gasteiger partial charge in [0.05, 0.1) is 12.1 Å². The predicted molar refractivity (Wildman–Crippen MR) is 64.7 cm³/mol. The van der Waals surface area contributed by atoms with Crippen LogP contribution in [0.4, 0.5) is 0 Å². The van der Waals surface area contributed by atoms with Gasteiger partial charge < -0.3 is 9.52 Å². The summed E-state index contributed by atoms with van der Waals surface area (Å²) in [6.07, 6.45) is 0.546. The van der Waals surface area contributed by atoms with Crippen LogP contribution in [0.15, 0.2) is 21.9 Å². The topological polar surface area (TPSA) is 63.3 Å². The number of aromatic carboxylic acids is 1. The molecule has 1 N–H and O–H groups in total. The molecule has 17 heavy (non-hydrogen) atoms. The van der Waals surface area contributed by atoms with Crippen molar-refractivity contribution in [1.82, 2.24) is 4.98 Å². The number of furan rings is 1. The molecule has 0 aliphatic carbocycles. The minimum Gasteiger partial charge on any atom is -0.475 e. The largest absolute Gasteiger partial charge is 0.475 e. The number of carboxylic acid groups (broad SMARTS) is 1. The van der Waals surface area contributed by atoms with Gasteiger partial charge in [0, 0.05) is 5.38 Å². The van der Waals surface area contributed by atoms with Crippen molar-refractivity contribution in [2.45, 2.75) is 26.2 Å². The standard InChI is InChI=1S/C12H13NO3S/c1-7(2)9-6-17-11(13-9)5-8-3-4-10(16-8)12(14)15/h3-4,6-7H,5H2,1-2H3,(H,14,15). The van der Waals surface area contributed by atoms with Gasteiger partial charge in [0.15, 0.2) is 0 Å². The highest BCUT2D eigenvalue weighted by Crippen LogP contribution is 2.21. The zero-order chi connectivity index (χ0) is 12.4. The van der Waals surface area contributed by atoms with Crippen molar-refractivity contribution in [2.24, 2.45) is 0 Å². The number of carbonyl (C=O) groups is 1. The Kier molecular flexibility index (Phi) is 3.28. The molecule has 0 aromatic carbocycles. The molecule has 0 saturated heterocycles. The van der Waals surface area contributed by atoms with E-state index in [0.29, 0.717) is 18.1 Å². The van der Waals surface area contributed by atoms with Gasteiger partial charge in [0.25, 0.3) is 0 Å². The molecule has 0 amide bonds. The number of hydrogen-bond acceptors (Lipinski definition) is 4. The lowest BCUT2D eigenvalue weighted by molar-refractivity contribution is 0.0660. The second-order valence-electron chi connectivity index (χ2n) is 4.07. The number of rotatable bonds is 4. The van der Waals surface area contributed by atoms with Crippen molar-refractivity contribution < 1.29 is 14.3 Å². The summed E-state index contributed by atoms with van der Waals surface area (Å²) >= 11 is 1.57. The van der Waals surface area contributed by atoms with E-state index in [2.05, 4.69) is 18.8 Å². The molecule has 0 atom stereocenters. The molecule has 2 aromatic rings. The molecule has 0 bridgehead atoms. The van der Waals surface area contributed by atoms with E-state index in [1.807, 2.05) is 5.38 Å². The number of hydrogen-bond donors (Lipinski definition) is 1. The van der Waals surface area contributed by atoms with Crippen LogP contribution in [-0.4, -0.2) is 16.1 Å². The molecule has 4 nitrogen and oxygen atoms in total. The molecule has 0 spiro atoms. The highest BCUT2D eigenvalue weighted by molar-refractivity contribution is 7.09. The maximum absolute atomic E-state index is 10.7. The lowest BCUT2D eigenvalue weighted by Crippen LogP contribution is -1.92. The molecule has 2 rings (SSSR count). The van der Waals surface area contributed by atoms with Crippen LogP contribution in [0.1, 0.15) is 46.8 Å². The van der Waals surface area contributed by atoms with Crippen molar-refractivity contribution in [1.29, 1.82) is 0 Å². The zero-order valence-corrected chi connectivity index (χ0v) is 10.5. The first-order chi connectivity index (χ1) is 8.06. The van der Waals surface area contributed by atoms with Gasteiger partial charge >= 0.3 is 5.97 Å². The third-order valence-electron chi connectivity index (χ3n) is 2.36. The first-order valence-corrected chi connectivity index (χ1v) is 6.20. The van der Waals surface area contributed by atoms with E-state index in [9.17, 15) is 4.79 Å². The third-order valence-corrected chi connectivity index (χ3v) is 3.23. The van der Waals surface area contributed by atoms with Crippen LogP contribution in [-0.2, 0) is 6.42 Å². The van der Waals surface area contributed by atoms with Crippen LogP contribution in [0.5, 0.6) is 0 Å². The van der Waals surface area contributed by atoms with Crippen LogP contribution in [0.2, 0.25) is 0 Å². The van der Waals surface area contributed by atoms with E-state index < -0.39 is 5.97 Å².